The van der Waals surface area contributed by atoms with Crippen LogP contribution in [0.1, 0.15) is 21.9 Å². The van der Waals surface area contributed by atoms with Crippen LogP contribution in [0.15, 0.2) is 85.3 Å². The Labute approximate surface area is 190 Å². The number of benzene rings is 2. The minimum absolute atomic E-state index is 0.261. The molecule has 162 valence electrons. The van der Waals surface area contributed by atoms with Crippen molar-refractivity contribution in [1.29, 1.82) is 0 Å². The van der Waals surface area contributed by atoms with E-state index in [4.69, 9.17) is 10.7 Å². The summed E-state index contributed by atoms with van der Waals surface area (Å²) in [6, 6.07) is 22.3. The van der Waals surface area contributed by atoms with E-state index in [0.29, 0.717) is 6.54 Å². The number of H-pyrrole nitrogens is 1. The topological polar surface area (TPSA) is 110 Å². The van der Waals surface area contributed by atoms with Gasteiger partial charge in [-0.15, -0.1) is 0 Å². The Morgan fingerprint density at radius 3 is 2.48 bits per heavy atom. The van der Waals surface area contributed by atoms with Crippen molar-refractivity contribution in [2.45, 2.75) is 13.1 Å². The lowest BCUT2D eigenvalue weighted by molar-refractivity contribution is 0.0941. The number of nitrogens with two attached hydrogens (primary N) is 1. The monoisotopic (exact) mass is 434 g/mol. The SMILES string of the molecule is NCc1ccc(-c2nc3ccnc(CNC(=O)c4ncc[nH]4)c3cc2-c2ccccc2)cc1. The number of imidazole rings is 1. The average Bonchev–Trinajstić information content (AvgIpc) is 3.42. The number of rotatable bonds is 6. The van der Waals surface area contributed by atoms with Crippen molar-refractivity contribution in [1.82, 2.24) is 25.3 Å². The van der Waals surface area contributed by atoms with Gasteiger partial charge in [-0.25, -0.2) is 9.97 Å². The Balaban J connectivity index is 1.60. The maximum absolute atomic E-state index is 12.3. The molecule has 0 aliphatic heterocycles. The molecule has 3 aromatic heterocycles. The Kier molecular flexibility index (Phi) is 5.61. The quantitative estimate of drug-likeness (QED) is 0.373. The summed E-state index contributed by atoms with van der Waals surface area (Å²) < 4.78 is 0. The van der Waals surface area contributed by atoms with Crippen LogP contribution in [0.5, 0.6) is 0 Å². The molecule has 3 heterocycles. The van der Waals surface area contributed by atoms with E-state index in [1.54, 1.807) is 18.6 Å². The molecule has 0 unspecified atom stereocenters. The van der Waals surface area contributed by atoms with Gasteiger partial charge in [-0.05, 0) is 23.3 Å². The molecule has 5 rings (SSSR count). The third-order valence-corrected chi connectivity index (χ3v) is 5.50. The maximum Gasteiger partial charge on any atom is 0.287 e. The van der Waals surface area contributed by atoms with Crippen LogP contribution in [0.4, 0.5) is 0 Å². The molecule has 0 bridgehead atoms. The standard InChI is InChI=1S/C26H22N6O/c27-15-17-6-8-19(9-7-17)24-20(18-4-2-1-3-5-18)14-21-22(32-24)10-11-28-23(21)16-31-26(33)25-29-12-13-30-25/h1-14H,15-16,27H2,(H,29,30)(H,31,33). The molecule has 2 aromatic carbocycles. The number of carbonyl (C=O) groups excluding carboxylic acids is 1. The number of fused-ring (bicyclic) bond motifs is 1. The average molecular weight is 435 g/mol. The van der Waals surface area contributed by atoms with Crippen LogP contribution in [-0.4, -0.2) is 25.8 Å². The summed E-state index contributed by atoms with van der Waals surface area (Å²) in [6.07, 6.45) is 4.87. The van der Waals surface area contributed by atoms with Crippen molar-refractivity contribution in [2.24, 2.45) is 5.73 Å². The predicted octanol–water partition coefficient (Wildman–Crippen LogP) is 4.08. The van der Waals surface area contributed by atoms with Crippen molar-refractivity contribution in [3.05, 3.63) is 102 Å². The van der Waals surface area contributed by atoms with E-state index in [1.807, 2.05) is 36.4 Å². The fraction of sp³-hybridized carbons (Fsp3) is 0.0769. The molecule has 0 saturated heterocycles. The van der Waals surface area contributed by atoms with Crippen LogP contribution in [0.25, 0.3) is 33.3 Å². The molecule has 4 N–H and O–H groups in total. The normalized spacial score (nSPS) is 10.9. The van der Waals surface area contributed by atoms with Gasteiger partial charge >= 0.3 is 0 Å². The Bertz CT molecular complexity index is 1400. The highest BCUT2D eigenvalue weighted by atomic mass is 16.2. The number of aromatic amines is 1. The summed E-state index contributed by atoms with van der Waals surface area (Å²) in [5.74, 6) is -0.0202. The summed E-state index contributed by atoms with van der Waals surface area (Å²) in [7, 11) is 0. The van der Waals surface area contributed by atoms with Gasteiger partial charge < -0.3 is 16.0 Å². The molecule has 7 heteroatoms. The van der Waals surface area contributed by atoms with E-state index in [2.05, 4.69) is 50.6 Å². The van der Waals surface area contributed by atoms with Gasteiger partial charge in [-0.2, -0.15) is 0 Å². The van der Waals surface area contributed by atoms with Gasteiger partial charge in [0.2, 0.25) is 0 Å². The molecule has 0 aliphatic carbocycles. The van der Waals surface area contributed by atoms with E-state index in [1.165, 1.54) is 0 Å². The summed E-state index contributed by atoms with van der Waals surface area (Å²) >= 11 is 0. The summed E-state index contributed by atoms with van der Waals surface area (Å²) in [5, 5.41) is 3.76. The van der Waals surface area contributed by atoms with Crippen molar-refractivity contribution >= 4 is 16.8 Å². The van der Waals surface area contributed by atoms with Crippen LogP contribution in [-0.2, 0) is 13.1 Å². The molecule has 0 radical (unpaired) electrons. The van der Waals surface area contributed by atoms with Gasteiger partial charge in [0, 0.05) is 41.6 Å². The maximum atomic E-state index is 12.3. The zero-order chi connectivity index (χ0) is 22.6. The highest BCUT2D eigenvalue weighted by molar-refractivity contribution is 5.93. The molecule has 5 aromatic rings. The number of carbonyl (C=O) groups is 1. The highest BCUT2D eigenvalue weighted by Crippen LogP contribution is 2.34. The summed E-state index contributed by atoms with van der Waals surface area (Å²) in [4.78, 5) is 28.7. The first-order valence-electron chi connectivity index (χ1n) is 10.6. The Morgan fingerprint density at radius 2 is 1.76 bits per heavy atom. The van der Waals surface area contributed by atoms with Gasteiger partial charge in [0.05, 0.1) is 23.4 Å². The van der Waals surface area contributed by atoms with Gasteiger partial charge in [0.15, 0.2) is 5.82 Å². The van der Waals surface area contributed by atoms with Crippen molar-refractivity contribution < 1.29 is 4.79 Å². The van der Waals surface area contributed by atoms with E-state index in [-0.39, 0.29) is 18.3 Å². The van der Waals surface area contributed by atoms with Gasteiger partial charge in [-0.3, -0.25) is 9.78 Å². The van der Waals surface area contributed by atoms with Crippen molar-refractivity contribution in [3.8, 4) is 22.4 Å². The number of nitrogens with zero attached hydrogens (tertiary/aromatic N) is 3. The predicted molar refractivity (Wildman–Crippen MR) is 128 cm³/mol. The van der Waals surface area contributed by atoms with Gasteiger partial charge in [0.1, 0.15) is 0 Å². The molecule has 33 heavy (non-hydrogen) atoms. The lowest BCUT2D eigenvalue weighted by Crippen LogP contribution is -2.24. The third-order valence-electron chi connectivity index (χ3n) is 5.50. The molecule has 0 aliphatic rings. The van der Waals surface area contributed by atoms with E-state index < -0.39 is 0 Å². The number of amides is 1. The third kappa shape index (κ3) is 4.22. The Hall–Kier alpha value is -4.36. The second-order valence-corrected chi connectivity index (χ2v) is 7.60. The first-order chi connectivity index (χ1) is 16.2. The molecule has 0 saturated carbocycles. The molecule has 7 nitrogen and oxygen atoms in total. The molecular formula is C26H22N6O. The van der Waals surface area contributed by atoms with Crippen LogP contribution in [0, 0.1) is 0 Å². The largest absolute Gasteiger partial charge is 0.344 e. The smallest absolute Gasteiger partial charge is 0.287 e. The van der Waals surface area contributed by atoms with Crippen LogP contribution in [0.3, 0.4) is 0 Å². The van der Waals surface area contributed by atoms with E-state index in [0.717, 1.165) is 44.5 Å². The van der Waals surface area contributed by atoms with Gasteiger partial charge in [0.25, 0.3) is 5.91 Å². The summed E-state index contributed by atoms with van der Waals surface area (Å²) in [6.45, 7) is 0.757. The molecular weight excluding hydrogens is 412 g/mol. The highest BCUT2D eigenvalue weighted by Gasteiger charge is 2.15. The number of nitrogens with one attached hydrogen (secondary N) is 2. The lowest BCUT2D eigenvalue weighted by atomic mass is 9.96. The number of pyridine rings is 2. The first kappa shape index (κ1) is 20.5. The number of hydrogen-bond acceptors (Lipinski definition) is 5. The number of hydrogen-bond donors (Lipinski definition) is 3. The molecule has 0 spiro atoms. The second-order valence-electron chi connectivity index (χ2n) is 7.60. The summed E-state index contributed by atoms with van der Waals surface area (Å²) in [5.41, 5.74) is 12.3. The van der Waals surface area contributed by atoms with Gasteiger partial charge in [-0.1, -0.05) is 54.6 Å². The number of aromatic nitrogens is 4. The van der Waals surface area contributed by atoms with Crippen LogP contribution >= 0.6 is 0 Å². The second kappa shape index (κ2) is 9.02. The van der Waals surface area contributed by atoms with Crippen LogP contribution in [0.2, 0.25) is 0 Å². The first-order valence-corrected chi connectivity index (χ1v) is 10.6. The van der Waals surface area contributed by atoms with Crippen LogP contribution < -0.4 is 11.1 Å². The van der Waals surface area contributed by atoms with Crippen molar-refractivity contribution in [2.75, 3.05) is 0 Å². The minimum Gasteiger partial charge on any atom is -0.344 e. The lowest BCUT2D eigenvalue weighted by Gasteiger charge is -2.14. The molecule has 0 atom stereocenters. The van der Waals surface area contributed by atoms with E-state index in [9.17, 15) is 4.79 Å². The zero-order valence-corrected chi connectivity index (χ0v) is 17.8. The fourth-order valence-electron chi connectivity index (χ4n) is 3.79. The van der Waals surface area contributed by atoms with E-state index >= 15 is 0 Å². The van der Waals surface area contributed by atoms with Crippen molar-refractivity contribution in [3.63, 3.8) is 0 Å². The Morgan fingerprint density at radius 1 is 0.939 bits per heavy atom. The fourth-order valence-corrected chi connectivity index (χ4v) is 3.79. The molecule has 1 amide bonds. The minimum atomic E-state index is -0.286. The zero-order valence-electron chi connectivity index (χ0n) is 17.8. The molecule has 0 fully saturated rings.